The van der Waals surface area contributed by atoms with Crippen LogP contribution in [0.25, 0.3) is 6.08 Å². The summed E-state index contributed by atoms with van der Waals surface area (Å²) >= 11 is 1.16. The SMILES string of the molecule is CCOc1ccc([C@@H]2C(C(=O)OC)=CN=c3s/c(=C\c4ccc(OCC(=O)O)c(OC)c4)c(=O)n32)cc1OCC. The van der Waals surface area contributed by atoms with Gasteiger partial charge in [-0.2, -0.15) is 0 Å². The van der Waals surface area contributed by atoms with Crippen molar-refractivity contribution in [3.05, 3.63) is 79.0 Å². The van der Waals surface area contributed by atoms with Gasteiger partial charge in [0.05, 0.1) is 43.6 Å². The fraction of sp³-hybridized carbons (Fsp3) is 0.286. The molecule has 0 bridgehead atoms. The molecule has 1 aliphatic rings. The van der Waals surface area contributed by atoms with Gasteiger partial charge in [0.1, 0.15) is 0 Å². The Morgan fingerprint density at radius 3 is 2.38 bits per heavy atom. The Morgan fingerprint density at radius 2 is 1.70 bits per heavy atom. The highest BCUT2D eigenvalue weighted by Gasteiger charge is 2.31. The molecule has 0 aliphatic carbocycles. The number of fused-ring (bicyclic) bond motifs is 1. The summed E-state index contributed by atoms with van der Waals surface area (Å²) in [6.45, 7) is 4.04. The molecule has 0 saturated heterocycles. The molecule has 1 aliphatic heterocycles. The largest absolute Gasteiger partial charge is 0.493 e. The first kappa shape index (κ1) is 28.4. The zero-order valence-corrected chi connectivity index (χ0v) is 23.1. The lowest BCUT2D eigenvalue weighted by atomic mass is 9.97. The van der Waals surface area contributed by atoms with Gasteiger partial charge in [0.25, 0.3) is 5.56 Å². The molecule has 11 nitrogen and oxygen atoms in total. The van der Waals surface area contributed by atoms with E-state index in [0.717, 1.165) is 11.3 Å². The zero-order chi connectivity index (χ0) is 28.8. The van der Waals surface area contributed by atoms with Crippen molar-refractivity contribution in [1.82, 2.24) is 4.57 Å². The van der Waals surface area contributed by atoms with E-state index in [1.54, 1.807) is 42.5 Å². The number of esters is 1. The lowest BCUT2D eigenvalue weighted by Gasteiger charge is -2.23. The van der Waals surface area contributed by atoms with Gasteiger partial charge in [0.15, 0.2) is 34.4 Å². The van der Waals surface area contributed by atoms with Crippen LogP contribution >= 0.6 is 11.3 Å². The standard InChI is InChI=1S/C28H28N2O9S/c1-5-37-20-10-8-17(13-22(20)38-6-2)25-18(27(34)36-4)14-29-28-30(25)26(33)23(40-28)12-16-7-9-19(21(11-16)35-3)39-15-24(31)32/h7-14,25H,5-6,15H2,1-4H3,(H,31,32)/b23-12-/t25-/m1/s1. The normalized spacial score (nSPS) is 14.4. The molecule has 210 valence electrons. The number of carbonyl (C=O) groups is 2. The fourth-order valence-corrected chi connectivity index (χ4v) is 5.14. The van der Waals surface area contributed by atoms with Crippen molar-refractivity contribution < 1.29 is 38.4 Å². The molecule has 2 heterocycles. The van der Waals surface area contributed by atoms with Crippen molar-refractivity contribution in [2.75, 3.05) is 34.0 Å². The summed E-state index contributed by atoms with van der Waals surface area (Å²) in [5, 5.41) is 8.89. The predicted molar refractivity (Wildman–Crippen MR) is 146 cm³/mol. The van der Waals surface area contributed by atoms with Crippen LogP contribution in [-0.4, -0.2) is 55.7 Å². The monoisotopic (exact) mass is 568 g/mol. The third-order valence-corrected chi connectivity index (χ3v) is 6.84. The molecular formula is C28H28N2O9S. The number of ether oxygens (including phenoxy) is 5. The minimum absolute atomic E-state index is 0.189. The molecule has 1 atom stereocenters. The second kappa shape index (κ2) is 12.5. The van der Waals surface area contributed by atoms with E-state index < -0.39 is 24.6 Å². The maximum absolute atomic E-state index is 13.8. The van der Waals surface area contributed by atoms with Gasteiger partial charge < -0.3 is 28.8 Å². The van der Waals surface area contributed by atoms with Crippen LogP contribution in [-0.2, 0) is 14.3 Å². The van der Waals surface area contributed by atoms with Crippen LogP contribution < -0.4 is 33.8 Å². The fourth-order valence-electron chi connectivity index (χ4n) is 4.17. The van der Waals surface area contributed by atoms with Gasteiger partial charge in [-0.1, -0.05) is 23.5 Å². The summed E-state index contributed by atoms with van der Waals surface area (Å²) in [6, 6.07) is 9.33. The third kappa shape index (κ3) is 5.86. The number of thiazole rings is 1. The van der Waals surface area contributed by atoms with E-state index in [1.807, 2.05) is 13.8 Å². The summed E-state index contributed by atoms with van der Waals surface area (Å²) in [5.41, 5.74) is 1.07. The van der Waals surface area contributed by atoms with Crippen LogP contribution in [0.3, 0.4) is 0 Å². The maximum atomic E-state index is 13.8. The van der Waals surface area contributed by atoms with E-state index in [0.29, 0.717) is 50.9 Å². The van der Waals surface area contributed by atoms with E-state index in [9.17, 15) is 14.4 Å². The molecule has 0 saturated carbocycles. The molecule has 0 amide bonds. The number of methoxy groups -OCH3 is 2. The Kier molecular flexibility index (Phi) is 8.90. The molecule has 2 aromatic carbocycles. The molecule has 40 heavy (non-hydrogen) atoms. The van der Waals surface area contributed by atoms with Gasteiger partial charge in [-0.05, 0) is 55.3 Å². The summed E-state index contributed by atoms with van der Waals surface area (Å²) in [7, 11) is 2.70. The van der Waals surface area contributed by atoms with E-state index >= 15 is 0 Å². The average molecular weight is 569 g/mol. The molecule has 3 aromatic rings. The lowest BCUT2D eigenvalue weighted by Crippen LogP contribution is -2.39. The minimum Gasteiger partial charge on any atom is -0.493 e. The van der Waals surface area contributed by atoms with Crippen LogP contribution in [0.1, 0.15) is 31.0 Å². The summed E-state index contributed by atoms with van der Waals surface area (Å²) in [5.74, 6) is -0.125. The summed E-state index contributed by atoms with van der Waals surface area (Å²) in [6.07, 6.45) is 3.08. The van der Waals surface area contributed by atoms with Crippen LogP contribution in [0, 0.1) is 0 Å². The van der Waals surface area contributed by atoms with Crippen molar-refractivity contribution in [3.8, 4) is 23.0 Å². The van der Waals surface area contributed by atoms with Crippen LogP contribution in [0.4, 0.5) is 0 Å². The topological polar surface area (TPSA) is 135 Å². The second-order valence-corrected chi connectivity index (χ2v) is 9.35. The molecule has 1 N–H and O–H groups in total. The van der Waals surface area contributed by atoms with Crippen LogP contribution in [0.15, 0.2) is 58.0 Å². The Bertz CT molecular complexity index is 1640. The minimum atomic E-state index is -1.12. The van der Waals surface area contributed by atoms with Gasteiger partial charge in [-0.25, -0.2) is 14.6 Å². The smallest absolute Gasteiger partial charge is 0.341 e. The molecule has 0 spiro atoms. The summed E-state index contributed by atoms with van der Waals surface area (Å²) < 4.78 is 28.9. The first-order valence-electron chi connectivity index (χ1n) is 12.3. The Morgan fingerprint density at radius 1 is 1.00 bits per heavy atom. The number of hydrogen-bond acceptors (Lipinski definition) is 10. The first-order valence-corrected chi connectivity index (χ1v) is 13.1. The quantitative estimate of drug-likeness (QED) is 0.346. The number of carbonyl (C=O) groups excluding carboxylic acids is 1. The van der Waals surface area contributed by atoms with E-state index in [1.165, 1.54) is 25.0 Å². The van der Waals surface area contributed by atoms with Gasteiger partial charge in [-0.15, -0.1) is 0 Å². The number of nitrogens with zero attached hydrogens (tertiary/aromatic N) is 2. The third-order valence-electron chi connectivity index (χ3n) is 5.84. The van der Waals surface area contributed by atoms with Gasteiger partial charge in [0, 0.05) is 6.20 Å². The number of carboxylic acids is 1. The Balaban J connectivity index is 1.83. The van der Waals surface area contributed by atoms with Crippen LogP contribution in [0.2, 0.25) is 0 Å². The Labute approximate surface area is 233 Å². The average Bonchev–Trinajstić information content (AvgIpc) is 3.27. The Hall–Kier alpha value is -4.58. The summed E-state index contributed by atoms with van der Waals surface area (Å²) in [4.78, 5) is 42.2. The number of aliphatic carboxylic acids is 1. The molecule has 0 unspecified atom stereocenters. The maximum Gasteiger partial charge on any atom is 0.341 e. The van der Waals surface area contributed by atoms with Gasteiger partial charge >= 0.3 is 11.9 Å². The lowest BCUT2D eigenvalue weighted by molar-refractivity contribution is -0.139. The van der Waals surface area contributed by atoms with Gasteiger partial charge in [-0.3, -0.25) is 9.36 Å². The molecule has 0 fully saturated rings. The van der Waals surface area contributed by atoms with Crippen molar-refractivity contribution in [1.29, 1.82) is 0 Å². The molecular weight excluding hydrogens is 540 g/mol. The van der Waals surface area contributed by atoms with E-state index in [-0.39, 0.29) is 16.9 Å². The van der Waals surface area contributed by atoms with E-state index in [4.69, 9.17) is 28.8 Å². The number of carboxylic acid groups (broad SMARTS) is 1. The van der Waals surface area contributed by atoms with Crippen molar-refractivity contribution in [2.24, 2.45) is 4.99 Å². The predicted octanol–water partition coefficient (Wildman–Crippen LogP) is 2.29. The van der Waals surface area contributed by atoms with Crippen molar-refractivity contribution in [2.45, 2.75) is 19.9 Å². The zero-order valence-electron chi connectivity index (χ0n) is 22.3. The van der Waals surface area contributed by atoms with Crippen molar-refractivity contribution in [3.63, 3.8) is 0 Å². The highest BCUT2D eigenvalue weighted by atomic mass is 32.1. The van der Waals surface area contributed by atoms with E-state index in [2.05, 4.69) is 4.99 Å². The number of rotatable bonds is 11. The van der Waals surface area contributed by atoms with Crippen molar-refractivity contribution >= 4 is 29.4 Å². The van der Waals surface area contributed by atoms with Crippen LogP contribution in [0.5, 0.6) is 23.0 Å². The molecule has 1 aromatic heterocycles. The highest BCUT2D eigenvalue weighted by Crippen LogP contribution is 2.35. The van der Waals surface area contributed by atoms with Gasteiger partial charge in [0.2, 0.25) is 0 Å². The second-order valence-electron chi connectivity index (χ2n) is 8.34. The number of hydrogen-bond donors (Lipinski definition) is 1. The number of benzene rings is 2. The first-order chi connectivity index (χ1) is 19.3. The molecule has 12 heteroatoms. The number of aromatic nitrogens is 1. The molecule has 0 radical (unpaired) electrons. The highest BCUT2D eigenvalue weighted by molar-refractivity contribution is 7.07. The molecule has 4 rings (SSSR count).